The van der Waals surface area contributed by atoms with E-state index in [4.69, 9.17) is 0 Å². The maximum atomic E-state index is 13.6. The van der Waals surface area contributed by atoms with Gasteiger partial charge < -0.3 is 10.2 Å². The SMILES string of the molecule is CCc1cccc(NC(=O)C2CCN(c3ccc(=O)n(-c4cccc(F)c4)n3)CC2)c1. The van der Waals surface area contributed by atoms with Crippen LogP contribution in [0.5, 0.6) is 0 Å². The molecule has 0 radical (unpaired) electrons. The van der Waals surface area contributed by atoms with E-state index in [9.17, 15) is 14.0 Å². The van der Waals surface area contributed by atoms with Crippen molar-refractivity contribution in [3.63, 3.8) is 0 Å². The van der Waals surface area contributed by atoms with Gasteiger partial charge in [0.15, 0.2) is 0 Å². The molecule has 1 aliphatic heterocycles. The van der Waals surface area contributed by atoms with Crippen molar-refractivity contribution in [2.45, 2.75) is 26.2 Å². The monoisotopic (exact) mass is 420 g/mol. The lowest BCUT2D eigenvalue weighted by molar-refractivity contribution is -0.120. The van der Waals surface area contributed by atoms with E-state index in [1.165, 1.54) is 28.4 Å². The van der Waals surface area contributed by atoms with Crippen molar-refractivity contribution in [3.8, 4) is 5.69 Å². The third kappa shape index (κ3) is 4.82. The number of carbonyl (C=O) groups is 1. The van der Waals surface area contributed by atoms with E-state index in [0.717, 1.165) is 12.1 Å². The minimum Gasteiger partial charge on any atom is -0.355 e. The van der Waals surface area contributed by atoms with Crippen molar-refractivity contribution in [2.75, 3.05) is 23.3 Å². The predicted octanol–water partition coefficient (Wildman–Crippen LogP) is 3.79. The molecule has 2 aromatic carbocycles. The highest BCUT2D eigenvalue weighted by Crippen LogP contribution is 2.23. The maximum Gasteiger partial charge on any atom is 0.271 e. The molecule has 1 aliphatic rings. The molecule has 0 bridgehead atoms. The fraction of sp³-hybridized carbons (Fsp3) is 0.292. The summed E-state index contributed by atoms with van der Waals surface area (Å²) >= 11 is 0. The molecule has 3 aromatic rings. The van der Waals surface area contributed by atoms with E-state index >= 15 is 0 Å². The summed E-state index contributed by atoms with van der Waals surface area (Å²) in [7, 11) is 0. The Labute approximate surface area is 180 Å². The van der Waals surface area contributed by atoms with E-state index in [1.807, 2.05) is 24.3 Å². The van der Waals surface area contributed by atoms with E-state index in [1.54, 1.807) is 18.2 Å². The number of anilines is 2. The van der Waals surface area contributed by atoms with Gasteiger partial charge in [-0.3, -0.25) is 9.59 Å². The zero-order chi connectivity index (χ0) is 21.8. The Morgan fingerprint density at radius 2 is 1.87 bits per heavy atom. The highest BCUT2D eigenvalue weighted by Gasteiger charge is 2.26. The summed E-state index contributed by atoms with van der Waals surface area (Å²) in [6.45, 7) is 3.39. The topological polar surface area (TPSA) is 67.2 Å². The number of rotatable bonds is 5. The Morgan fingerprint density at radius 3 is 2.61 bits per heavy atom. The summed E-state index contributed by atoms with van der Waals surface area (Å²) in [6, 6.07) is 16.8. The van der Waals surface area contributed by atoms with Crippen LogP contribution in [-0.4, -0.2) is 28.8 Å². The normalized spacial score (nSPS) is 14.5. The molecule has 0 aliphatic carbocycles. The van der Waals surface area contributed by atoms with Gasteiger partial charge in [0.1, 0.15) is 11.6 Å². The van der Waals surface area contributed by atoms with Crippen LogP contribution in [0.15, 0.2) is 65.5 Å². The smallest absolute Gasteiger partial charge is 0.271 e. The molecule has 6 nitrogen and oxygen atoms in total. The number of hydrogen-bond acceptors (Lipinski definition) is 4. The molecular formula is C24H25FN4O2. The molecule has 1 fully saturated rings. The fourth-order valence-electron chi connectivity index (χ4n) is 3.85. The van der Waals surface area contributed by atoms with Gasteiger partial charge in [0.05, 0.1) is 5.69 Å². The number of hydrogen-bond donors (Lipinski definition) is 1. The number of carbonyl (C=O) groups excluding carboxylic acids is 1. The van der Waals surface area contributed by atoms with Crippen LogP contribution >= 0.6 is 0 Å². The number of amides is 1. The first kappa shape index (κ1) is 20.8. The molecule has 1 N–H and O–H groups in total. The quantitative estimate of drug-likeness (QED) is 0.682. The predicted molar refractivity (Wildman–Crippen MR) is 119 cm³/mol. The average molecular weight is 420 g/mol. The van der Waals surface area contributed by atoms with Crippen LogP contribution in [0.25, 0.3) is 5.69 Å². The molecule has 0 atom stereocenters. The van der Waals surface area contributed by atoms with Gasteiger partial charge in [-0.2, -0.15) is 4.68 Å². The molecule has 0 spiro atoms. The van der Waals surface area contributed by atoms with Crippen molar-refractivity contribution < 1.29 is 9.18 Å². The zero-order valence-corrected chi connectivity index (χ0v) is 17.4. The number of benzene rings is 2. The second-order valence-electron chi connectivity index (χ2n) is 7.73. The standard InChI is InChI=1S/C24H25FN4O2/c1-2-17-5-3-7-20(15-17)26-24(31)18-11-13-28(14-12-18)22-9-10-23(30)29(27-22)21-8-4-6-19(25)16-21/h3-10,15-16,18H,2,11-14H2,1H3,(H,26,31). The van der Waals surface area contributed by atoms with Crippen molar-refractivity contribution in [1.82, 2.24) is 9.78 Å². The van der Waals surface area contributed by atoms with Gasteiger partial charge in [-0.25, -0.2) is 4.39 Å². The van der Waals surface area contributed by atoms with E-state index in [2.05, 4.69) is 22.2 Å². The highest BCUT2D eigenvalue weighted by molar-refractivity contribution is 5.92. The molecule has 0 saturated carbocycles. The minimum absolute atomic E-state index is 0.0330. The van der Waals surface area contributed by atoms with Gasteiger partial charge in [0.25, 0.3) is 5.56 Å². The number of nitrogens with zero attached hydrogens (tertiary/aromatic N) is 3. The van der Waals surface area contributed by atoms with Crippen LogP contribution in [-0.2, 0) is 11.2 Å². The number of aryl methyl sites for hydroxylation is 1. The second kappa shape index (κ2) is 9.12. The molecular weight excluding hydrogens is 395 g/mol. The highest BCUT2D eigenvalue weighted by atomic mass is 19.1. The van der Waals surface area contributed by atoms with Crippen LogP contribution < -0.4 is 15.8 Å². The molecule has 160 valence electrons. The van der Waals surface area contributed by atoms with Gasteiger partial charge in [0.2, 0.25) is 5.91 Å². The first-order valence-corrected chi connectivity index (χ1v) is 10.5. The number of aromatic nitrogens is 2. The molecule has 4 rings (SSSR count). The largest absolute Gasteiger partial charge is 0.355 e. The lowest BCUT2D eigenvalue weighted by Gasteiger charge is -2.32. The minimum atomic E-state index is -0.423. The molecule has 1 aromatic heterocycles. The van der Waals surface area contributed by atoms with Gasteiger partial charge in [-0.05, 0) is 61.2 Å². The van der Waals surface area contributed by atoms with Crippen LogP contribution in [0.3, 0.4) is 0 Å². The Balaban J connectivity index is 1.42. The van der Waals surface area contributed by atoms with Crippen LogP contribution in [0.2, 0.25) is 0 Å². The lowest BCUT2D eigenvalue weighted by atomic mass is 9.95. The first-order valence-electron chi connectivity index (χ1n) is 10.5. The summed E-state index contributed by atoms with van der Waals surface area (Å²) in [4.78, 5) is 27.0. The van der Waals surface area contributed by atoms with E-state index in [-0.39, 0.29) is 17.4 Å². The average Bonchev–Trinajstić information content (AvgIpc) is 2.79. The van der Waals surface area contributed by atoms with Gasteiger partial charge in [-0.1, -0.05) is 25.1 Å². The van der Waals surface area contributed by atoms with Crippen LogP contribution in [0.1, 0.15) is 25.3 Å². The summed E-state index contributed by atoms with van der Waals surface area (Å²) in [5.74, 6) is 0.174. The first-order chi connectivity index (χ1) is 15.0. The van der Waals surface area contributed by atoms with Gasteiger partial charge >= 0.3 is 0 Å². The van der Waals surface area contributed by atoms with Crippen molar-refractivity contribution in [1.29, 1.82) is 0 Å². The van der Waals surface area contributed by atoms with Crippen molar-refractivity contribution in [2.24, 2.45) is 5.92 Å². The molecule has 7 heteroatoms. The molecule has 2 heterocycles. The second-order valence-corrected chi connectivity index (χ2v) is 7.73. The summed E-state index contributed by atoms with van der Waals surface area (Å²) in [5.41, 5.74) is 2.08. The van der Waals surface area contributed by atoms with Gasteiger partial charge in [-0.15, -0.1) is 5.10 Å². The number of halogens is 1. The summed E-state index contributed by atoms with van der Waals surface area (Å²) < 4.78 is 14.8. The van der Waals surface area contributed by atoms with Crippen LogP contribution in [0, 0.1) is 11.7 Å². The van der Waals surface area contributed by atoms with Gasteiger partial charge in [0, 0.05) is 30.8 Å². The van der Waals surface area contributed by atoms with E-state index < -0.39 is 5.82 Å². The van der Waals surface area contributed by atoms with Crippen molar-refractivity contribution in [3.05, 3.63) is 82.4 Å². The van der Waals surface area contributed by atoms with Crippen molar-refractivity contribution >= 4 is 17.4 Å². The number of nitrogens with one attached hydrogen (secondary N) is 1. The Morgan fingerprint density at radius 1 is 1.10 bits per heavy atom. The summed E-state index contributed by atoms with van der Waals surface area (Å²) in [5, 5.41) is 7.46. The molecule has 31 heavy (non-hydrogen) atoms. The summed E-state index contributed by atoms with van der Waals surface area (Å²) in [6.07, 6.45) is 2.31. The molecule has 1 saturated heterocycles. The van der Waals surface area contributed by atoms with E-state index in [0.29, 0.717) is 37.4 Å². The third-order valence-corrected chi connectivity index (χ3v) is 5.63. The Hall–Kier alpha value is -3.48. The molecule has 0 unspecified atom stereocenters. The Bertz CT molecular complexity index is 1140. The maximum absolute atomic E-state index is 13.6. The Kier molecular flexibility index (Phi) is 6.11. The zero-order valence-electron chi connectivity index (χ0n) is 17.4. The lowest BCUT2D eigenvalue weighted by Crippen LogP contribution is -2.39. The van der Waals surface area contributed by atoms with Crippen LogP contribution in [0.4, 0.5) is 15.9 Å². The fourth-order valence-corrected chi connectivity index (χ4v) is 3.85. The molecule has 1 amide bonds. The number of piperidine rings is 1. The third-order valence-electron chi connectivity index (χ3n) is 5.63.